The third-order valence-electron chi connectivity index (χ3n) is 16.4. The number of para-hydroxylation sites is 2. The number of aryl methyl sites for hydroxylation is 2. The molecule has 0 aliphatic heterocycles. The Bertz CT molecular complexity index is 4360. The molecule has 4 nitrogen and oxygen atoms in total. The molecule has 0 saturated heterocycles. The molecule has 2 heterocycles. The van der Waals surface area contributed by atoms with Gasteiger partial charge >= 0.3 is 0 Å². The molecule has 0 aliphatic rings. The van der Waals surface area contributed by atoms with Crippen molar-refractivity contribution in [2.45, 2.75) is 66.5 Å². The molecule has 14 rings (SSSR count). The van der Waals surface area contributed by atoms with Crippen molar-refractivity contribution in [1.82, 2.24) is 9.13 Å². The second-order valence-electron chi connectivity index (χ2n) is 23.4. The molecule has 2 aromatic heterocycles. The van der Waals surface area contributed by atoms with Crippen LogP contribution in [0.3, 0.4) is 0 Å². The maximum atomic E-state index is 2.53. The van der Waals surface area contributed by atoms with Gasteiger partial charge in [-0.2, -0.15) is 0 Å². The van der Waals surface area contributed by atoms with Gasteiger partial charge in [0.1, 0.15) is 0 Å². The lowest BCUT2D eigenvalue weighted by Gasteiger charge is -2.31. The van der Waals surface area contributed by atoms with Crippen molar-refractivity contribution in [2.24, 2.45) is 0 Å². The van der Waals surface area contributed by atoms with Crippen LogP contribution >= 0.6 is 0 Å². The molecule has 0 bridgehead atoms. The Morgan fingerprint density at radius 2 is 0.654 bits per heavy atom. The van der Waals surface area contributed by atoms with Crippen molar-refractivity contribution in [3.63, 3.8) is 0 Å². The maximum Gasteiger partial charge on any atom is 0.0540 e. The van der Waals surface area contributed by atoms with Crippen LogP contribution in [0.25, 0.3) is 98.2 Å². The highest BCUT2D eigenvalue weighted by atomic mass is 15.2. The van der Waals surface area contributed by atoms with Crippen LogP contribution in [-0.2, 0) is 11.1 Å². The highest BCUT2D eigenvalue weighted by molar-refractivity contribution is 6.28. The molecule has 0 atom stereocenters. The van der Waals surface area contributed by atoms with E-state index in [9.17, 15) is 0 Å². The lowest BCUT2D eigenvalue weighted by molar-refractivity contribution is 0.423. The Hall–Kier alpha value is -9.12. The van der Waals surface area contributed by atoms with Gasteiger partial charge in [-0.25, -0.2) is 0 Å². The summed E-state index contributed by atoms with van der Waals surface area (Å²) in [5, 5.41) is 12.4. The van der Waals surface area contributed by atoms with Gasteiger partial charge in [-0.1, -0.05) is 158 Å². The monoisotopic (exact) mass is 1010 g/mol. The molecule has 0 spiro atoms. The number of benzene rings is 12. The molecule has 78 heavy (non-hydrogen) atoms. The third-order valence-corrected chi connectivity index (χ3v) is 16.4. The van der Waals surface area contributed by atoms with Crippen molar-refractivity contribution in [3.8, 4) is 22.3 Å². The second kappa shape index (κ2) is 17.7. The minimum Gasteiger partial charge on any atom is -0.335 e. The first-order chi connectivity index (χ1) is 37.8. The van der Waals surface area contributed by atoms with Crippen LogP contribution in [0.4, 0.5) is 34.1 Å². The highest BCUT2D eigenvalue weighted by Gasteiger charge is 2.28. The van der Waals surface area contributed by atoms with Gasteiger partial charge in [-0.15, -0.1) is 0 Å². The van der Waals surface area contributed by atoms with Gasteiger partial charge in [0.15, 0.2) is 0 Å². The Balaban J connectivity index is 1.03. The fourth-order valence-corrected chi connectivity index (χ4v) is 12.9. The predicted octanol–water partition coefficient (Wildman–Crippen LogP) is 21.2. The number of aromatic nitrogens is 2. The number of hydrogen-bond acceptors (Lipinski definition) is 2. The molecular formula is C74H62N4. The normalized spacial score (nSPS) is 12.4. The summed E-state index contributed by atoms with van der Waals surface area (Å²) in [5.74, 6) is 0. The zero-order valence-corrected chi connectivity index (χ0v) is 45.7. The number of hydrogen-bond donors (Lipinski definition) is 0. The largest absolute Gasteiger partial charge is 0.335 e. The van der Waals surface area contributed by atoms with Crippen LogP contribution in [0, 0.1) is 13.8 Å². The summed E-state index contributed by atoms with van der Waals surface area (Å²) in [7, 11) is 0. The zero-order valence-electron chi connectivity index (χ0n) is 45.7. The number of anilines is 6. The van der Waals surface area contributed by atoms with E-state index in [4.69, 9.17) is 0 Å². The van der Waals surface area contributed by atoms with E-state index in [1.54, 1.807) is 0 Å². The van der Waals surface area contributed by atoms with E-state index in [1.807, 2.05) is 0 Å². The molecule has 4 heteroatoms. The van der Waals surface area contributed by atoms with E-state index in [0.717, 1.165) is 34.1 Å². The van der Waals surface area contributed by atoms with Crippen molar-refractivity contribution < 1.29 is 0 Å². The number of fused-ring (bicyclic) bond motifs is 6. The summed E-state index contributed by atoms with van der Waals surface area (Å²) in [6.07, 6.45) is 0. The molecule has 0 radical (unpaired) electrons. The van der Waals surface area contributed by atoms with Gasteiger partial charge in [0.05, 0.1) is 11.4 Å². The van der Waals surface area contributed by atoms with Crippen LogP contribution in [-0.4, -0.2) is 9.13 Å². The van der Waals surface area contributed by atoms with Crippen molar-refractivity contribution in [1.29, 1.82) is 0 Å². The molecule has 14 aromatic rings. The fraction of sp³-hybridized carbons (Fsp3) is 0.135. The van der Waals surface area contributed by atoms with Crippen LogP contribution in [0.1, 0.15) is 52.7 Å². The van der Waals surface area contributed by atoms with Crippen LogP contribution in [0.5, 0.6) is 0 Å². The van der Waals surface area contributed by atoms with Crippen molar-refractivity contribution in [3.05, 3.63) is 242 Å². The topological polar surface area (TPSA) is 16.3 Å². The number of rotatable bonds is 8. The van der Waals surface area contributed by atoms with E-state index in [2.05, 4.69) is 305 Å². The molecule has 0 unspecified atom stereocenters. The smallest absolute Gasteiger partial charge is 0.0540 e. The Morgan fingerprint density at radius 1 is 0.282 bits per heavy atom. The Kier molecular flexibility index (Phi) is 10.8. The molecule has 0 amide bonds. The fourth-order valence-electron chi connectivity index (χ4n) is 12.9. The van der Waals surface area contributed by atoms with Crippen LogP contribution in [0.2, 0.25) is 0 Å². The van der Waals surface area contributed by atoms with Crippen molar-refractivity contribution in [2.75, 3.05) is 9.80 Å². The summed E-state index contributed by atoms with van der Waals surface area (Å²) in [6.45, 7) is 18.4. The molecule has 12 aromatic carbocycles. The van der Waals surface area contributed by atoms with Crippen LogP contribution < -0.4 is 9.80 Å². The third kappa shape index (κ3) is 7.49. The first-order valence-electron chi connectivity index (χ1n) is 27.5. The first-order valence-corrected chi connectivity index (χ1v) is 27.5. The predicted molar refractivity (Wildman–Crippen MR) is 336 cm³/mol. The Morgan fingerprint density at radius 3 is 1.06 bits per heavy atom. The van der Waals surface area contributed by atoms with Crippen LogP contribution in [0.15, 0.2) is 231 Å². The lowest BCUT2D eigenvalue weighted by atomic mass is 9.91. The molecule has 378 valence electrons. The molecular weight excluding hydrogens is 945 g/mol. The summed E-state index contributed by atoms with van der Waals surface area (Å²) < 4.78 is 5.01. The van der Waals surface area contributed by atoms with E-state index >= 15 is 0 Å². The SMILES string of the molecule is Cc1ccc(-c2ccccc2)cc1N(c1ccc2c(c1)c1ccccc1n2C(C)(C)C)c1ccc2ccc3c(N(c4ccc5c(c4)c4ccccc4n5C(C)(C)C)c4cc(-c5ccccc5)ccc4C)ccc4ccc1c2c43. The second-order valence-corrected chi connectivity index (χ2v) is 23.4. The quantitative estimate of drug-likeness (QED) is 0.141. The van der Waals surface area contributed by atoms with E-state index in [1.165, 1.54) is 109 Å². The minimum atomic E-state index is -0.119. The van der Waals surface area contributed by atoms with Gasteiger partial charge in [-0.05, 0) is 183 Å². The van der Waals surface area contributed by atoms with Gasteiger partial charge < -0.3 is 18.9 Å². The standard InChI is InChI=1S/C74H62N4/c1-47-27-29-53(49-19-11-9-12-20-49)43-69(47)75(55-35-41-67-61(45-55)57-23-15-17-25-65(57)77(67)73(3,4)5)63-39-33-51-32-38-60-64(40-34-52-31-37-59(63)71(51)72(52)60)76(70-44-54(30-28-48(70)2)50-21-13-10-14-22-50)56-36-42-68-62(46-56)58-24-16-18-26-66(58)78(68)74(6,7)8/h9-46H,1-8H3. The molecule has 0 aliphatic carbocycles. The molecule has 0 fully saturated rings. The first kappa shape index (κ1) is 47.3. The average Bonchev–Trinajstić information content (AvgIpc) is 4.13. The van der Waals surface area contributed by atoms with E-state index in [0.29, 0.717) is 0 Å². The minimum absolute atomic E-state index is 0.119. The van der Waals surface area contributed by atoms with Gasteiger partial charge in [-0.3, -0.25) is 0 Å². The summed E-state index contributed by atoms with van der Waals surface area (Å²) in [5.41, 5.74) is 18.7. The van der Waals surface area contributed by atoms with Gasteiger partial charge in [0, 0.05) is 88.2 Å². The average molecular weight is 1010 g/mol. The Labute approximate surface area is 457 Å². The number of nitrogens with zero attached hydrogens (tertiary/aromatic N) is 4. The summed E-state index contributed by atoms with van der Waals surface area (Å²) in [6, 6.07) is 86.4. The zero-order chi connectivity index (χ0) is 53.2. The molecule has 0 saturated carbocycles. The summed E-state index contributed by atoms with van der Waals surface area (Å²) >= 11 is 0. The summed E-state index contributed by atoms with van der Waals surface area (Å²) in [4.78, 5) is 5.07. The highest BCUT2D eigenvalue weighted by Crippen LogP contribution is 2.51. The van der Waals surface area contributed by atoms with E-state index < -0.39 is 0 Å². The van der Waals surface area contributed by atoms with E-state index in [-0.39, 0.29) is 11.1 Å². The van der Waals surface area contributed by atoms with Gasteiger partial charge in [0.25, 0.3) is 0 Å². The van der Waals surface area contributed by atoms with Crippen molar-refractivity contribution >= 4 is 110 Å². The lowest BCUT2D eigenvalue weighted by Crippen LogP contribution is -2.21. The maximum absolute atomic E-state index is 2.53. The van der Waals surface area contributed by atoms with Gasteiger partial charge in [0.2, 0.25) is 0 Å². The molecule has 0 N–H and O–H groups in total.